The molecule has 1 amide bonds. The van der Waals surface area contributed by atoms with Gasteiger partial charge in [0.15, 0.2) is 0 Å². The van der Waals surface area contributed by atoms with E-state index in [-0.39, 0.29) is 17.0 Å². The molecule has 0 aliphatic carbocycles. The minimum Gasteiger partial charge on any atom is -0.478 e. The van der Waals surface area contributed by atoms with Crippen LogP contribution >= 0.6 is 67.8 Å². The zero-order chi connectivity index (χ0) is 14.7. The van der Waals surface area contributed by atoms with Crippen molar-refractivity contribution in [3.63, 3.8) is 0 Å². The lowest BCUT2D eigenvalue weighted by Gasteiger charge is -2.14. The first-order chi connectivity index (χ1) is 8.82. The summed E-state index contributed by atoms with van der Waals surface area (Å²) in [4.78, 5) is 23.3. The number of amides is 1. The maximum Gasteiger partial charge on any atom is 0.337 e. The lowest BCUT2D eigenvalue weighted by molar-refractivity contribution is 0.0694. The number of halogens is 3. The number of hydrogen-bond acceptors (Lipinski definition) is 4. The van der Waals surface area contributed by atoms with Gasteiger partial charge in [-0.3, -0.25) is 4.79 Å². The summed E-state index contributed by atoms with van der Waals surface area (Å²) in [6.45, 7) is 0.629. The molecule has 104 valence electrons. The molecule has 0 aromatic heterocycles. The summed E-state index contributed by atoms with van der Waals surface area (Å²) in [6.07, 6.45) is 0. The fourth-order valence-electron chi connectivity index (χ4n) is 1.34. The van der Waals surface area contributed by atoms with E-state index in [9.17, 15) is 14.7 Å². The Hall–Kier alpha value is 0.110. The monoisotopic (exact) mass is 601 g/mol. The number of carboxylic acids is 1. The van der Waals surface area contributed by atoms with Crippen molar-refractivity contribution in [1.82, 2.24) is 5.32 Å². The minimum absolute atomic E-state index is 0.0528. The van der Waals surface area contributed by atoms with Crippen molar-refractivity contribution >= 4 is 85.3 Å². The van der Waals surface area contributed by atoms with Crippen LogP contribution < -0.4 is 16.8 Å². The van der Waals surface area contributed by atoms with Gasteiger partial charge < -0.3 is 21.9 Å². The summed E-state index contributed by atoms with van der Waals surface area (Å²) in [5.74, 6) is -1.48. The molecule has 19 heavy (non-hydrogen) atoms. The Bertz CT molecular complexity index is 549. The van der Waals surface area contributed by atoms with Crippen LogP contribution in [0.15, 0.2) is 0 Å². The first kappa shape index (κ1) is 17.2. The van der Waals surface area contributed by atoms with Crippen LogP contribution in [0.4, 0.5) is 5.69 Å². The summed E-state index contributed by atoms with van der Waals surface area (Å²) >= 11 is 5.67. The van der Waals surface area contributed by atoms with E-state index in [1.807, 2.05) is 67.8 Å². The first-order valence-corrected chi connectivity index (χ1v) is 8.24. The molecule has 1 aromatic rings. The van der Waals surface area contributed by atoms with Gasteiger partial charge in [-0.05, 0) is 67.8 Å². The van der Waals surface area contributed by atoms with E-state index < -0.39 is 5.97 Å². The van der Waals surface area contributed by atoms with Crippen molar-refractivity contribution in [2.75, 3.05) is 18.8 Å². The van der Waals surface area contributed by atoms with E-state index in [0.717, 1.165) is 0 Å². The number of nitrogens with two attached hydrogens (primary N) is 2. The van der Waals surface area contributed by atoms with Gasteiger partial charge in [0.25, 0.3) is 5.91 Å². The number of nitrogen functional groups attached to an aromatic ring is 1. The van der Waals surface area contributed by atoms with Crippen molar-refractivity contribution in [3.05, 3.63) is 21.8 Å². The van der Waals surface area contributed by atoms with E-state index in [2.05, 4.69) is 5.32 Å². The van der Waals surface area contributed by atoms with Gasteiger partial charge in [-0.15, -0.1) is 0 Å². The number of rotatable bonds is 4. The third-order valence-electron chi connectivity index (χ3n) is 2.22. The average molecular weight is 601 g/mol. The molecule has 0 saturated carbocycles. The van der Waals surface area contributed by atoms with Gasteiger partial charge in [-0.1, -0.05) is 0 Å². The number of anilines is 1. The van der Waals surface area contributed by atoms with Crippen LogP contribution in [0.1, 0.15) is 20.7 Å². The molecule has 0 radical (unpaired) electrons. The highest BCUT2D eigenvalue weighted by molar-refractivity contribution is 14.1. The van der Waals surface area contributed by atoms with Crippen molar-refractivity contribution in [3.8, 4) is 0 Å². The Morgan fingerprint density at radius 1 is 1.11 bits per heavy atom. The maximum absolute atomic E-state index is 12.1. The highest BCUT2D eigenvalue weighted by Gasteiger charge is 2.26. The topological polar surface area (TPSA) is 118 Å². The van der Waals surface area contributed by atoms with E-state index in [1.54, 1.807) is 0 Å². The van der Waals surface area contributed by atoms with Gasteiger partial charge in [0.2, 0.25) is 0 Å². The molecule has 6 nitrogen and oxygen atoms in total. The highest BCUT2D eigenvalue weighted by Crippen LogP contribution is 2.33. The second kappa shape index (κ2) is 7.21. The fourth-order valence-corrected chi connectivity index (χ4v) is 5.46. The maximum atomic E-state index is 12.1. The van der Waals surface area contributed by atoms with Crippen LogP contribution in [0.25, 0.3) is 0 Å². The fraction of sp³-hybridized carbons (Fsp3) is 0.200. The van der Waals surface area contributed by atoms with Gasteiger partial charge in [-0.25, -0.2) is 4.79 Å². The largest absolute Gasteiger partial charge is 0.478 e. The number of carbonyl (C=O) groups excluding carboxylic acids is 1. The molecule has 6 N–H and O–H groups in total. The first-order valence-electron chi connectivity index (χ1n) is 5.00. The summed E-state index contributed by atoms with van der Waals surface area (Å²) in [7, 11) is 0. The summed E-state index contributed by atoms with van der Waals surface area (Å²) in [5, 5.41) is 11.8. The molecule has 0 fully saturated rings. The molecule has 1 rings (SSSR count). The molecule has 1 aromatic carbocycles. The van der Waals surface area contributed by atoms with Crippen LogP contribution in [0.2, 0.25) is 0 Å². The zero-order valence-electron chi connectivity index (χ0n) is 9.47. The predicted molar refractivity (Wildman–Crippen MR) is 97.4 cm³/mol. The van der Waals surface area contributed by atoms with E-state index in [0.29, 0.717) is 29.5 Å². The molecule has 0 unspecified atom stereocenters. The number of hydrogen-bond donors (Lipinski definition) is 4. The van der Waals surface area contributed by atoms with Gasteiger partial charge in [0.1, 0.15) is 0 Å². The smallest absolute Gasteiger partial charge is 0.337 e. The van der Waals surface area contributed by atoms with Gasteiger partial charge >= 0.3 is 5.97 Å². The van der Waals surface area contributed by atoms with Crippen LogP contribution in [-0.4, -0.2) is 30.1 Å². The molecule has 0 aliphatic rings. The van der Waals surface area contributed by atoms with Crippen LogP contribution in [-0.2, 0) is 0 Å². The third-order valence-corrected chi connectivity index (χ3v) is 5.54. The molecular formula is C10H10I3N3O3. The summed E-state index contributed by atoms with van der Waals surface area (Å²) in [5.41, 5.74) is 11.8. The normalized spacial score (nSPS) is 10.3. The molecule has 0 heterocycles. The Morgan fingerprint density at radius 3 is 2.11 bits per heavy atom. The molecule has 0 atom stereocenters. The van der Waals surface area contributed by atoms with Crippen LogP contribution in [0.3, 0.4) is 0 Å². The molecular weight excluding hydrogens is 591 g/mol. The molecule has 0 bridgehead atoms. The molecule has 9 heteroatoms. The Kier molecular flexibility index (Phi) is 6.52. The zero-order valence-corrected chi connectivity index (χ0v) is 15.9. The Balaban J connectivity index is 3.48. The number of aromatic carboxylic acids is 1. The third kappa shape index (κ3) is 3.60. The van der Waals surface area contributed by atoms with E-state index in [4.69, 9.17) is 11.5 Å². The van der Waals surface area contributed by atoms with Crippen molar-refractivity contribution in [2.24, 2.45) is 5.73 Å². The minimum atomic E-state index is -1.11. The van der Waals surface area contributed by atoms with Crippen LogP contribution in [0, 0.1) is 10.7 Å². The van der Waals surface area contributed by atoms with Gasteiger partial charge in [0.05, 0.1) is 24.0 Å². The Morgan fingerprint density at radius 2 is 1.63 bits per heavy atom. The molecule has 0 aliphatic heterocycles. The molecule has 0 spiro atoms. The average Bonchev–Trinajstić information content (AvgIpc) is 2.33. The second-order valence-corrected chi connectivity index (χ2v) is 6.69. The van der Waals surface area contributed by atoms with Crippen LogP contribution in [0.5, 0.6) is 0 Å². The molecule has 0 saturated heterocycles. The second-order valence-electron chi connectivity index (χ2n) is 3.46. The number of carboxylic acid groups (broad SMARTS) is 1. The SMILES string of the molecule is NCCNC(=O)c1c(I)c(N)c(I)c(C(=O)O)c1I. The van der Waals surface area contributed by atoms with Gasteiger partial charge in [-0.2, -0.15) is 0 Å². The standard InChI is InChI=1S/C10H10I3N3O3/c11-5-3(9(17)16-2-1-14)6(12)8(15)7(13)4(5)10(18)19/h1-2,14-15H2,(H,16,17)(H,18,19). The summed E-state index contributed by atoms with van der Waals surface area (Å²) < 4.78 is 1.36. The highest BCUT2D eigenvalue weighted by atomic mass is 127. The van der Waals surface area contributed by atoms with E-state index >= 15 is 0 Å². The lowest BCUT2D eigenvalue weighted by Crippen LogP contribution is -2.31. The quantitative estimate of drug-likeness (QED) is 0.309. The van der Waals surface area contributed by atoms with Crippen molar-refractivity contribution in [1.29, 1.82) is 0 Å². The Labute approximate surface area is 150 Å². The predicted octanol–water partition coefficient (Wildman–Crippen LogP) is 1.47. The van der Waals surface area contributed by atoms with Crippen molar-refractivity contribution in [2.45, 2.75) is 0 Å². The van der Waals surface area contributed by atoms with Gasteiger partial charge in [0, 0.05) is 16.7 Å². The number of benzene rings is 1. The number of nitrogens with one attached hydrogen (secondary N) is 1. The lowest BCUT2D eigenvalue weighted by atomic mass is 10.1. The van der Waals surface area contributed by atoms with E-state index in [1.165, 1.54) is 0 Å². The van der Waals surface area contributed by atoms with Crippen molar-refractivity contribution < 1.29 is 14.7 Å². The summed E-state index contributed by atoms with van der Waals surface area (Å²) in [6, 6.07) is 0. The number of carbonyl (C=O) groups is 2.